The first-order chi connectivity index (χ1) is 11.4. The Morgan fingerprint density at radius 1 is 0.696 bits per heavy atom. The number of aromatic amines is 1. The lowest BCUT2D eigenvalue weighted by Gasteiger charge is -2.14. The fourth-order valence-corrected chi connectivity index (χ4v) is 2.68. The Labute approximate surface area is 135 Å². The minimum atomic E-state index is 0.767. The molecule has 23 heavy (non-hydrogen) atoms. The van der Waals surface area contributed by atoms with E-state index in [1.165, 1.54) is 16.7 Å². The van der Waals surface area contributed by atoms with Crippen LogP contribution in [0.25, 0.3) is 22.5 Å². The lowest BCUT2D eigenvalue weighted by molar-refractivity contribution is 0.509. The number of nitrogens with one attached hydrogen (secondary N) is 1. The molecule has 0 saturated heterocycles. The maximum atomic E-state index is 4.56. The Bertz CT molecular complexity index is 877. The van der Waals surface area contributed by atoms with Crippen molar-refractivity contribution >= 4 is 0 Å². The van der Waals surface area contributed by atoms with Crippen LogP contribution in [-0.4, -0.2) is 15.0 Å². The molecule has 3 aromatic carbocycles. The van der Waals surface area contributed by atoms with Crippen molar-refractivity contribution in [3.8, 4) is 22.5 Å². The van der Waals surface area contributed by atoms with Crippen molar-refractivity contribution in [3.63, 3.8) is 0 Å². The van der Waals surface area contributed by atoms with Gasteiger partial charge in [-0.05, 0) is 22.8 Å². The fourth-order valence-electron chi connectivity index (χ4n) is 2.68. The summed E-state index contributed by atoms with van der Waals surface area (Å²) in [5.41, 5.74) is 4.76. The van der Waals surface area contributed by atoms with Gasteiger partial charge in [-0.1, -0.05) is 78.9 Å². The van der Waals surface area contributed by atoms with E-state index in [0.29, 0.717) is 0 Å². The molecule has 0 radical (unpaired) electrons. The molecule has 112 valence electrons. The average Bonchev–Trinajstić information content (AvgIpc) is 2.59. The summed E-state index contributed by atoms with van der Waals surface area (Å²) in [6.07, 6.45) is 0. The third kappa shape index (κ3) is 2.94. The van der Waals surface area contributed by atoms with E-state index >= 15 is 0 Å². The molecule has 1 N–H and O–H groups in total. The second-order valence-electron chi connectivity index (χ2n) is 5.55. The largest absolute Gasteiger partial charge is 0.263 e. The van der Waals surface area contributed by atoms with Gasteiger partial charge >= 0.3 is 0 Å². The third-order valence-electron chi connectivity index (χ3n) is 3.87. The molecular weight excluding hydrogens is 282 g/mol. The van der Waals surface area contributed by atoms with Crippen molar-refractivity contribution in [1.29, 1.82) is 0 Å². The highest BCUT2D eigenvalue weighted by molar-refractivity contribution is 5.70. The lowest BCUT2D eigenvalue weighted by Crippen LogP contribution is -2.17. The Kier molecular flexibility index (Phi) is 3.53. The molecule has 0 aliphatic carbocycles. The van der Waals surface area contributed by atoms with Crippen LogP contribution in [-0.2, 0) is 6.54 Å². The van der Waals surface area contributed by atoms with E-state index < -0.39 is 0 Å². The van der Waals surface area contributed by atoms with E-state index in [1.54, 1.807) is 0 Å². The van der Waals surface area contributed by atoms with Crippen LogP contribution in [0.2, 0.25) is 0 Å². The second kappa shape index (κ2) is 5.97. The van der Waals surface area contributed by atoms with Crippen molar-refractivity contribution in [3.05, 3.63) is 90.5 Å². The molecule has 0 atom stereocenters. The van der Waals surface area contributed by atoms with Gasteiger partial charge < -0.3 is 0 Å². The first-order valence-corrected chi connectivity index (χ1v) is 7.71. The van der Waals surface area contributed by atoms with Gasteiger partial charge in [0, 0.05) is 5.56 Å². The van der Waals surface area contributed by atoms with Crippen molar-refractivity contribution in [1.82, 2.24) is 15.0 Å². The third-order valence-corrected chi connectivity index (χ3v) is 3.87. The van der Waals surface area contributed by atoms with Crippen LogP contribution in [0.4, 0.5) is 0 Å². The van der Waals surface area contributed by atoms with Gasteiger partial charge in [0.2, 0.25) is 0 Å². The Balaban J connectivity index is 1.55. The smallest absolute Gasteiger partial charge is 0.175 e. The van der Waals surface area contributed by atoms with Gasteiger partial charge in [0.05, 0.1) is 6.54 Å². The SMILES string of the molecule is c1ccc(Cn2nc(-c3cccc(-c4ccccc4)c3)[nH]2)cc1. The number of rotatable bonds is 4. The van der Waals surface area contributed by atoms with Crippen molar-refractivity contribution in [2.75, 3.05) is 0 Å². The minimum absolute atomic E-state index is 0.767. The predicted molar refractivity (Wildman–Crippen MR) is 93.0 cm³/mol. The standard InChI is InChI=1S/C20H17N3/c1-3-8-16(9-4-1)15-23-21-20(22-23)19-13-7-12-18(14-19)17-10-5-2-6-11-17/h1-14H,15H2,(H,21,22). The Morgan fingerprint density at radius 2 is 1.30 bits per heavy atom. The zero-order valence-corrected chi connectivity index (χ0v) is 12.7. The van der Waals surface area contributed by atoms with E-state index in [-0.39, 0.29) is 0 Å². The molecule has 0 spiro atoms. The normalized spacial score (nSPS) is 10.8. The van der Waals surface area contributed by atoms with Gasteiger partial charge in [0.15, 0.2) is 5.82 Å². The van der Waals surface area contributed by atoms with Gasteiger partial charge in [-0.15, -0.1) is 5.10 Å². The van der Waals surface area contributed by atoms with Crippen molar-refractivity contribution in [2.45, 2.75) is 6.54 Å². The molecule has 0 amide bonds. The first kappa shape index (κ1) is 13.6. The van der Waals surface area contributed by atoms with Crippen LogP contribution in [0.1, 0.15) is 5.56 Å². The average molecular weight is 299 g/mol. The summed E-state index contributed by atoms with van der Waals surface area (Å²) in [7, 11) is 0. The summed E-state index contributed by atoms with van der Waals surface area (Å²) >= 11 is 0. The maximum Gasteiger partial charge on any atom is 0.175 e. The molecule has 1 aromatic heterocycles. The predicted octanol–water partition coefficient (Wildman–Crippen LogP) is 4.59. The summed E-state index contributed by atoms with van der Waals surface area (Å²) in [4.78, 5) is 1.86. The molecule has 0 aliphatic heterocycles. The van der Waals surface area contributed by atoms with Crippen LogP contribution in [0.15, 0.2) is 84.9 Å². The molecule has 0 fully saturated rings. The van der Waals surface area contributed by atoms with Crippen LogP contribution in [0, 0.1) is 0 Å². The molecule has 3 nitrogen and oxygen atoms in total. The molecule has 4 rings (SSSR count). The highest BCUT2D eigenvalue weighted by Crippen LogP contribution is 2.24. The van der Waals surface area contributed by atoms with Gasteiger partial charge in [-0.25, -0.2) is 0 Å². The van der Waals surface area contributed by atoms with Crippen LogP contribution < -0.4 is 0 Å². The molecule has 3 heteroatoms. The van der Waals surface area contributed by atoms with Crippen LogP contribution in [0.3, 0.4) is 0 Å². The topological polar surface area (TPSA) is 33.6 Å². The minimum Gasteiger partial charge on any atom is -0.263 e. The van der Waals surface area contributed by atoms with Crippen molar-refractivity contribution < 1.29 is 0 Å². The zero-order chi connectivity index (χ0) is 15.5. The molecule has 0 saturated carbocycles. The lowest BCUT2D eigenvalue weighted by atomic mass is 10.0. The highest BCUT2D eigenvalue weighted by atomic mass is 15.5. The number of nitrogens with zero attached hydrogens (tertiary/aromatic N) is 2. The highest BCUT2D eigenvalue weighted by Gasteiger charge is 2.08. The number of hydrogen-bond acceptors (Lipinski definition) is 1. The summed E-state index contributed by atoms with van der Waals surface area (Å²) in [5.74, 6) is 0.915. The number of aromatic nitrogens is 3. The fraction of sp³-hybridized carbons (Fsp3) is 0.0500. The summed E-state index contributed by atoms with van der Waals surface area (Å²) in [5, 5.41) is 7.87. The molecule has 0 bridgehead atoms. The quantitative estimate of drug-likeness (QED) is 0.587. The van der Waals surface area contributed by atoms with Crippen LogP contribution in [0.5, 0.6) is 0 Å². The molecule has 0 aliphatic rings. The molecule has 1 heterocycles. The molecule has 0 unspecified atom stereocenters. The van der Waals surface area contributed by atoms with E-state index in [4.69, 9.17) is 0 Å². The number of hydrogen-bond donors (Lipinski definition) is 1. The Morgan fingerprint density at radius 3 is 2.04 bits per heavy atom. The number of H-pyrrole nitrogens is 1. The van der Waals surface area contributed by atoms with Gasteiger partial charge in [0.25, 0.3) is 0 Å². The van der Waals surface area contributed by atoms with Crippen LogP contribution >= 0.6 is 0 Å². The number of benzene rings is 3. The van der Waals surface area contributed by atoms with E-state index in [1.807, 2.05) is 29.1 Å². The summed E-state index contributed by atoms with van der Waals surface area (Å²) < 4.78 is 0. The van der Waals surface area contributed by atoms with E-state index in [2.05, 4.69) is 70.9 Å². The monoisotopic (exact) mass is 299 g/mol. The van der Waals surface area contributed by atoms with E-state index in [9.17, 15) is 0 Å². The second-order valence-corrected chi connectivity index (χ2v) is 5.55. The maximum absolute atomic E-state index is 4.56. The van der Waals surface area contributed by atoms with Gasteiger partial charge in [0.1, 0.15) is 0 Å². The van der Waals surface area contributed by atoms with Gasteiger partial charge in [-0.3, -0.25) is 5.10 Å². The van der Waals surface area contributed by atoms with E-state index in [0.717, 1.165) is 17.9 Å². The van der Waals surface area contributed by atoms with Crippen molar-refractivity contribution in [2.24, 2.45) is 0 Å². The first-order valence-electron chi connectivity index (χ1n) is 7.71. The zero-order valence-electron chi connectivity index (χ0n) is 12.7. The molecule has 4 aromatic rings. The Hall–Kier alpha value is -3.07. The summed E-state index contributed by atoms with van der Waals surface area (Å²) in [6, 6.07) is 29.2. The summed E-state index contributed by atoms with van der Waals surface area (Å²) in [6.45, 7) is 0.767. The molecular formula is C20H17N3. The van der Waals surface area contributed by atoms with Gasteiger partial charge in [-0.2, -0.15) is 4.80 Å².